The average Bonchev–Trinajstić information content (AvgIpc) is 2.90. The number of nitrogens with one attached hydrogen (secondary N) is 1. The normalized spacial score (nSPS) is 23.9. The van der Waals surface area contributed by atoms with Gasteiger partial charge in [-0.1, -0.05) is 26.0 Å². The summed E-state index contributed by atoms with van der Waals surface area (Å²) in [5, 5.41) is 8.94. The summed E-state index contributed by atoms with van der Waals surface area (Å²) in [5.41, 5.74) is 3.14. The first-order chi connectivity index (χ1) is 18.6. The van der Waals surface area contributed by atoms with Crippen molar-refractivity contribution in [2.24, 2.45) is 11.8 Å². The van der Waals surface area contributed by atoms with Gasteiger partial charge in [-0.15, -0.1) is 5.10 Å². The molecular formula is C28H26F2N6O2S. The molecule has 39 heavy (non-hydrogen) atoms. The first-order valence-corrected chi connectivity index (χ1v) is 14.6. The van der Waals surface area contributed by atoms with E-state index in [1.165, 1.54) is 30.6 Å². The van der Waals surface area contributed by atoms with Gasteiger partial charge in [-0.05, 0) is 66.5 Å². The number of fused-ring (bicyclic) bond motifs is 2. The van der Waals surface area contributed by atoms with Crippen LogP contribution in [0.25, 0.3) is 22.6 Å². The molecule has 4 aromatic rings. The van der Waals surface area contributed by atoms with E-state index in [9.17, 15) is 17.2 Å². The van der Waals surface area contributed by atoms with Gasteiger partial charge in [0.25, 0.3) is 0 Å². The minimum Gasteiger partial charge on any atom is -0.266 e. The van der Waals surface area contributed by atoms with Crippen LogP contribution < -0.4 is 4.72 Å². The number of hydrogen-bond donors (Lipinski definition) is 1. The molecule has 0 spiro atoms. The Bertz CT molecular complexity index is 1680. The Hall–Kier alpha value is -3.86. The van der Waals surface area contributed by atoms with Gasteiger partial charge in [-0.3, -0.25) is 9.71 Å². The summed E-state index contributed by atoms with van der Waals surface area (Å²) in [4.78, 5) is 13.5. The lowest BCUT2D eigenvalue weighted by Crippen LogP contribution is -2.50. The van der Waals surface area contributed by atoms with Crippen LogP contribution in [0.5, 0.6) is 0 Å². The highest BCUT2D eigenvalue weighted by Gasteiger charge is 2.56. The molecule has 2 bridgehead atoms. The van der Waals surface area contributed by atoms with E-state index >= 15 is 0 Å². The van der Waals surface area contributed by atoms with Crippen molar-refractivity contribution in [2.45, 2.75) is 38.0 Å². The predicted octanol–water partition coefficient (Wildman–Crippen LogP) is 5.09. The van der Waals surface area contributed by atoms with Crippen molar-refractivity contribution in [2.75, 3.05) is 11.0 Å². The molecule has 0 amide bonds. The van der Waals surface area contributed by atoms with E-state index in [1.807, 2.05) is 18.2 Å². The standard InChI is InChI=1S/C28H26F2N6O2S/c1-15-16(2)28(24-9-5-8-21(33-24)23-13-32-25(14-31-23)36-39(3,37)38)11-10-17(15)18-12-22(34-35-27(18)28)26-19(29)6-4-7-20(26)30/h4-9,12-17H,10-11H2,1-3H3,(H,32,36)/t15?,16-,17-,28+/m1/s1. The van der Waals surface area contributed by atoms with Crippen LogP contribution in [0, 0.1) is 23.5 Å². The van der Waals surface area contributed by atoms with Crippen molar-refractivity contribution >= 4 is 15.8 Å². The summed E-state index contributed by atoms with van der Waals surface area (Å²) in [5.74, 6) is -0.561. The molecule has 0 radical (unpaired) electrons. The fourth-order valence-electron chi connectivity index (χ4n) is 6.36. The Morgan fingerprint density at radius 3 is 2.38 bits per heavy atom. The summed E-state index contributed by atoms with van der Waals surface area (Å²) in [6, 6.07) is 11.3. The lowest BCUT2D eigenvalue weighted by atomic mass is 9.50. The molecule has 1 unspecified atom stereocenters. The van der Waals surface area contributed by atoms with Crippen LogP contribution in [-0.2, 0) is 15.4 Å². The van der Waals surface area contributed by atoms with Gasteiger partial charge in [0.2, 0.25) is 10.0 Å². The Morgan fingerprint density at radius 2 is 1.69 bits per heavy atom. The quantitative estimate of drug-likeness (QED) is 0.370. The third kappa shape index (κ3) is 4.15. The smallest absolute Gasteiger partial charge is 0.231 e. The van der Waals surface area contributed by atoms with Gasteiger partial charge in [-0.2, -0.15) is 5.10 Å². The van der Waals surface area contributed by atoms with E-state index in [1.54, 1.807) is 6.07 Å². The highest BCUT2D eigenvalue weighted by molar-refractivity contribution is 7.92. The van der Waals surface area contributed by atoms with E-state index in [0.717, 1.165) is 36.0 Å². The third-order valence-corrected chi connectivity index (χ3v) is 8.91. The van der Waals surface area contributed by atoms with Crippen LogP contribution in [0.1, 0.15) is 49.6 Å². The maximum atomic E-state index is 14.6. The highest BCUT2D eigenvalue weighted by Crippen LogP contribution is 2.60. The van der Waals surface area contributed by atoms with Gasteiger partial charge in [0.05, 0.1) is 52.4 Å². The molecule has 7 rings (SSSR count). The molecule has 8 nitrogen and oxygen atoms in total. The molecule has 0 aliphatic heterocycles. The molecule has 0 saturated heterocycles. The fraction of sp³-hybridized carbons (Fsp3) is 0.321. The number of hydrogen-bond acceptors (Lipinski definition) is 7. The Morgan fingerprint density at radius 1 is 0.949 bits per heavy atom. The van der Waals surface area contributed by atoms with Gasteiger partial charge < -0.3 is 0 Å². The van der Waals surface area contributed by atoms with Crippen molar-refractivity contribution in [3.05, 3.63) is 83.4 Å². The second-order valence-electron chi connectivity index (χ2n) is 10.5. The van der Waals surface area contributed by atoms with Crippen LogP contribution >= 0.6 is 0 Å². The van der Waals surface area contributed by atoms with Gasteiger partial charge in [0.15, 0.2) is 5.82 Å². The lowest BCUT2D eigenvalue weighted by Gasteiger charge is -2.54. The van der Waals surface area contributed by atoms with Crippen LogP contribution in [0.3, 0.4) is 0 Å². The number of anilines is 1. The summed E-state index contributed by atoms with van der Waals surface area (Å²) in [7, 11) is -3.47. The first kappa shape index (κ1) is 25.4. The summed E-state index contributed by atoms with van der Waals surface area (Å²) in [6.45, 7) is 4.41. The minimum atomic E-state index is -3.47. The van der Waals surface area contributed by atoms with E-state index in [-0.39, 0.29) is 34.8 Å². The van der Waals surface area contributed by atoms with Gasteiger partial charge >= 0.3 is 0 Å². The van der Waals surface area contributed by atoms with Crippen molar-refractivity contribution in [3.8, 4) is 22.6 Å². The van der Waals surface area contributed by atoms with Crippen LogP contribution in [0.2, 0.25) is 0 Å². The summed E-state index contributed by atoms with van der Waals surface area (Å²) >= 11 is 0. The second-order valence-corrected chi connectivity index (χ2v) is 12.2. The number of aromatic nitrogens is 5. The lowest BCUT2D eigenvalue weighted by molar-refractivity contribution is 0.112. The number of pyridine rings is 1. The molecule has 1 fully saturated rings. The molecule has 3 heterocycles. The maximum absolute atomic E-state index is 14.6. The largest absolute Gasteiger partial charge is 0.266 e. The van der Waals surface area contributed by atoms with Crippen molar-refractivity contribution in [3.63, 3.8) is 0 Å². The Kier molecular flexibility index (Phi) is 5.94. The average molecular weight is 549 g/mol. The molecule has 4 atom stereocenters. The van der Waals surface area contributed by atoms with E-state index < -0.39 is 27.1 Å². The number of benzene rings is 1. The second kappa shape index (κ2) is 9.11. The molecule has 200 valence electrons. The van der Waals surface area contributed by atoms with E-state index in [0.29, 0.717) is 11.4 Å². The summed E-state index contributed by atoms with van der Waals surface area (Å²) < 4.78 is 54.5. The molecular weight excluding hydrogens is 522 g/mol. The maximum Gasteiger partial charge on any atom is 0.231 e. The third-order valence-electron chi connectivity index (χ3n) is 8.33. The molecule has 11 heteroatoms. The monoisotopic (exact) mass is 548 g/mol. The fourth-order valence-corrected chi connectivity index (χ4v) is 6.84. The van der Waals surface area contributed by atoms with Gasteiger partial charge in [0, 0.05) is 0 Å². The number of rotatable bonds is 5. The van der Waals surface area contributed by atoms with Crippen LogP contribution in [0.15, 0.2) is 54.9 Å². The number of nitrogens with zero attached hydrogens (tertiary/aromatic N) is 5. The van der Waals surface area contributed by atoms with Crippen molar-refractivity contribution < 1.29 is 17.2 Å². The van der Waals surface area contributed by atoms with E-state index in [2.05, 4.69) is 38.7 Å². The first-order valence-electron chi connectivity index (χ1n) is 12.7. The molecule has 1 aromatic carbocycles. The number of halogens is 2. The molecule has 3 aromatic heterocycles. The van der Waals surface area contributed by atoms with Crippen LogP contribution in [-0.4, -0.2) is 39.8 Å². The summed E-state index contributed by atoms with van der Waals surface area (Å²) in [6.07, 6.45) is 5.58. The van der Waals surface area contributed by atoms with Gasteiger partial charge in [-0.25, -0.2) is 27.2 Å². The zero-order valence-electron chi connectivity index (χ0n) is 21.6. The van der Waals surface area contributed by atoms with E-state index in [4.69, 9.17) is 4.98 Å². The van der Waals surface area contributed by atoms with Crippen molar-refractivity contribution in [1.82, 2.24) is 25.1 Å². The molecule has 3 aliphatic rings. The minimum absolute atomic E-state index is 0.121. The topological polar surface area (TPSA) is 111 Å². The SMILES string of the molecule is CC1[C@@H](C)[C@]2(c3cccc(-c4cnc(NS(C)(=O)=O)cn4)n3)CC[C@H]1c1cc(-c3c(F)cccc3F)nnc12. The molecule has 1 saturated carbocycles. The van der Waals surface area contributed by atoms with Crippen LogP contribution in [0.4, 0.5) is 14.6 Å². The predicted molar refractivity (Wildman–Crippen MR) is 142 cm³/mol. The highest BCUT2D eigenvalue weighted by atomic mass is 32.2. The molecule has 3 aliphatic carbocycles. The zero-order valence-corrected chi connectivity index (χ0v) is 22.4. The molecule has 1 N–H and O–H groups in total. The number of sulfonamides is 1. The van der Waals surface area contributed by atoms with Crippen molar-refractivity contribution in [1.29, 1.82) is 0 Å². The zero-order chi connectivity index (χ0) is 27.5. The van der Waals surface area contributed by atoms with Gasteiger partial charge in [0.1, 0.15) is 17.3 Å². The Balaban J connectivity index is 1.45. The Labute approximate surface area is 225 Å².